The molecule has 0 radical (unpaired) electrons. The number of carbonyl (C=O) groups is 2. The monoisotopic (exact) mass is 368 g/mol. The van der Waals surface area contributed by atoms with E-state index in [0.29, 0.717) is 12.2 Å². The molecule has 0 aliphatic carbocycles. The molecule has 6 heteroatoms. The Morgan fingerprint density at radius 2 is 1.96 bits per heavy atom. The number of ketones is 1. The highest BCUT2D eigenvalue weighted by atomic mass is 35.5. The summed E-state index contributed by atoms with van der Waals surface area (Å²) in [6.07, 6.45) is 4.81. The predicted octanol–water partition coefficient (Wildman–Crippen LogP) is 3.12. The Balaban J connectivity index is 0.00000312. The highest BCUT2D eigenvalue weighted by molar-refractivity contribution is 5.98. The highest BCUT2D eigenvalue weighted by Crippen LogP contribution is 2.15. The lowest BCUT2D eigenvalue weighted by molar-refractivity contribution is -0.121. The average molecular weight is 369 g/mol. The van der Waals surface area contributed by atoms with Gasteiger partial charge in [-0.25, -0.2) is 0 Å². The summed E-state index contributed by atoms with van der Waals surface area (Å²) in [6.45, 7) is 4.62. The van der Waals surface area contributed by atoms with Crippen LogP contribution in [0.1, 0.15) is 55.8 Å². The highest BCUT2D eigenvalue weighted by Gasteiger charge is 2.17. The van der Waals surface area contributed by atoms with Crippen LogP contribution in [-0.4, -0.2) is 37.4 Å². The molecular formula is C19H29ClN2O3. The fourth-order valence-electron chi connectivity index (χ4n) is 2.73. The maximum atomic E-state index is 12.2. The van der Waals surface area contributed by atoms with Gasteiger partial charge in [-0.3, -0.25) is 9.59 Å². The zero-order chi connectivity index (χ0) is 17.2. The van der Waals surface area contributed by atoms with Crippen LogP contribution in [-0.2, 0) is 4.79 Å². The molecule has 2 rings (SSSR count). The Bertz CT molecular complexity index is 528. The quantitative estimate of drug-likeness (QED) is 0.492. The Morgan fingerprint density at radius 1 is 1.20 bits per heavy atom. The predicted molar refractivity (Wildman–Crippen MR) is 102 cm³/mol. The van der Waals surface area contributed by atoms with Crippen LogP contribution in [0.5, 0.6) is 5.75 Å². The maximum absolute atomic E-state index is 12.2. The number of ether oxygens (including phenoxy) is 1. The standard InChI is InChI=1S/C19H28N2O3.ClH/c1-2-3-4-13-24-17-7-5-15(6-8-17)18(22)9-10-19(23)21-16-11-12-20-14-16;/h5-8,16,20H,2-4,9-14H2,1H3,(H,21,23);1H. The zero-order valence-corrected chi connectivity index (χ0v) is 15.7. The van der Waals surface area contributed by atoms with Gasteiger partial charge in [-0.05, 0) is 43.7 Å². The minimum absolute atomic E-state index is 0. The number of Topliss-reactive ketones (excluding diaryl/α,β-unsaturated/α-hetero) is 1. The first-order valence-corrected chi connectivity index (χ1v) is 8.95. The van der Waals surface area contributed by atoms with Crippen molar-refractivity contribution in [3.63, 3.8) is 0 Å². The number of unbranched alkanes of at least 4 members (excludes halogenated alkanes) is 2. The summed E-state index contributed by atoms with van der Waals surface area (Å²) in [5, 5.41) is 6.16. The third-order valence-corrected chi connectivity index (χ3v) is 4.20. The van der Waals surface area contributed by atoms with Crippen LogP contribution < -0.4 is 15.4 Å². The van der Waals surface area contributed by atoms with E-state index in [-0.39, 0.29) is 43.0 Å². The van der Waals surface area contributed by atoms with Crippen molar-refractivity contribution in [1.82, 2.24) is 10.6 Å². The Labute approximate surface area is 156 Å². The van der Waals surface area contributed by atoms with Crippen LogP contribution in [0.4, 0.5) is 0 Å². The molecule has 1 unspecified atom stereocenters. The lowest BCUT2D eigenvalue weighted by atomic mass is 10.1. The Kier molecular flexibility index (Phi) is 10.2. The van der Waals surface area contributed by atoms with Crippen molar-refractivity contribution in [2.45, 2.75) is 51.5 Å². The van der Waals surface area contributed by atoms with E-state index in [9.17, 15) is 9.59 Å². The van der Waals surface area contributed by atoms with E-state index in [4.69, 9.17) is 4.74 Å². The van der Waals surface area contributed by atoms with Gasteiger partial charge in [0.15, 0.2) is 5.78 Å². The van der Waals surface area contributed by atoms with E-state index in [0.717, 1.165) is 38.1 Å². The summed E-state index contributed by atoms with van der Waals surface area (Å²) in [5.74, 6) is 0.731. The molecule has 1 atom stereocenters. The molecule has 0 saturated carbocycles. The number of rotatable bonds is 10. The van der Waals surface area contributed by atoms with Crippen LogP contribution in [0.15, 0.2) is 24.3 Å². The van der Waals surface area contributed by atoms with Crippen molar-refractivity contribution in [3.8, 4) is 5.75 Å². The molecule has 5 nitrogen and oxygen atoms in total. The van der Waals surface area contributed by atoms with E-state index in [1.54, 1.807) is 12.1 Å². The Morgan fingerprint density at radius 3 is 2.60 bits per heavy atom. The van der Waals surface area contributed by atoms with E-state index < -0.39 is 0 Å². The molecule has 25 heavy (non-hydrogen) atoms. The first-order chi connectivity index (χ1) is 11.7. The van der Waals surface area contributed by atoms with Crippen LogP contribution in [0.2, 0.25) is 0 Å². The molecule has 0 bridgehead atoms. The van der Waals surface area contributed by atoms with Crippen LogP contribution in [0, 0.1) is 0 Å². The normalized spacial score (nSPS) is 16.1. The lowest BCUT2D eigenvalue weighted by Crippen LogP contribution is -2.36. The number of carbonyl (C=O) groups excluding carboxylic acids is 2. The molecule has 2 N–H and O–H groups in total. The molecule has 140 valence electrons. The summed E-state index contributed by atoms with van der Waals surface area (Å²) in [4.78, 5) is 24.0. The smallest absolute Gasteiger partial charge is 0.220 e. The van der Waals surface area contributed by atoms with E-state index in [1.165, 1.54) is 6.42 Å². The minimum Gasteiger partial charge on any atom is -0.494 e. The first kappa shape index (κ1) is 21.5. The van der Waals surface area contributed by atoms with Crippen molar-refractivity contribution in [2.75, 3.05) is 19.7 Å². The number of halogens is 1. The van der Waals surface area contributed by atoms with Crippen molar-refractivity contribution >= 4 is 24.1 Å². The van der Waals surface area contributed by atoms with Gasteiger partial charge in [0.05, 0.1) is 6.61 Å². The zero-order valence-electron chi connectivity index (χ0n) is 14.9. The molecule has 1 aliphatic heterocycles. The minimum atomic E-state index is -0.0482. The molecule has 1 amide bonds. The van der Waals surface area contributed by atoms with Gasteiger partial charge in [0.1, 0.15) is 5.75 Å². The molecule has 1 aliphatic rings. The average Bonchev–Trinajstić information content (AvgIpc) is 3.10. The van der Waals surface area contributed by atoms with Crippen molar-refractivity contribution in [3.05, 3.63) is 29.8 Å². The SMILES string of the molecule is CCCCCOc1ccc(C(=O)CCC(=O)NC2CCNC2)cc1.Cl. The Hall–Kier alpha value is -1.59. The van der Waals surface area contributed by atoms with Gasteiger partial charge >= 0.3 is 0 Å². The van der Waals surface area contributed by atoms with Crippen molar-refractivity contribution < 1.29 is 14.3 Å². The second kappa shape index (κ2) is 11.9. The molecule has 1 saturated heterocycles. The molecule has 1 aromatic rings. The van der Waals surface area contributed by atoms with Gasteiger partial charge in [0.2, 0.25) is 5.91 Å². The van der Waals surface area contributed by atoms with Gasteiger partial charge < -0.3 is 15.4 Å². The molecule has 1 fully saturated rings. The fraction of sp³-hybridized carbons (Fsp3) is 0.579. The van der Waals surface area contributed by atoms with Crippen LogP contribution >= 0.6 is 12.4 Å². The number of hydrogen-bond donors (Lipinski definition) is 2. The molecule has 0 spiro atoms. The number of nitrogens with one attached hydrogen (secondary N) is 2. The summed E-state index contributed by atoms with van der Waals surface area (Å²) >= 11 is 0. The van der Waals surface area contributed by atoms with Gasteiger partial charge in [-0.2, -0.15) is 0 Å². The molecular weight excluding hydrogens is 340 g/mol. The van der Waals surface area contributed by atoms with Gasteiger partial charge in [-0.15, -0.1) is 12.4 Å². The van der Waals surface area contributed by atoms with Crippen molar-refractivity contribution in [1.29, 1.82) is 0 Å². The number of amides is 1. The first-order valence-electron chi connectivity index (χ1n) is 8.95. The molecule has 1 aromatic carbocycles. The van der Waals surface area contributed by atoms with Crippen LogP contribution in [0.25, 0.3) is 0 Å². The van der Waals surface area contributed by atoms with E-state index in [2.05, 4.69) is 17.6 Å². The third kappa shape index (κ3) is 7.88. The van der Waals surface area contributed by atoms with Gasteiger partial charge in [0.25, 0.3) is 0 Å². The third-order valence-electron chi connectivity index (χ3n) is 4.20. The van der Waals surface area contributed by atoms with Crippen LogP contribution in [0.3, 0.4) is 0 Å². The van der Waals surface area contributed by atoms with E-state index in [1.807, 2.05) is 12.1 Å². The maximum Gasteiger partial charge on any atom is 0.220 e. The van der Waals surface area contributed by atoms with Gasteiger partial charge in [0, 0.05) is 31.0 Å². The molecule has 1 heterocycles. The van der Waals surface area contributed by atoms with Crippen molar-refractivity contribution in [2.24, 2.45) is 0 Å². The molecule has 0 aromatic heterocycles. The fourth-order valence-corrected chi connectivity index (χ4v) is 2.73. The topological polar surface area (TPSA) is 67.4 Å². The second-order valence-corrected chi connectivity index (χ2v) is 6.26. The second-order valence-electron chi connectivity index (χ2n) is 6.26. The lowest BCUT2D eigenvalue weighted by Gasteiger charge is -2.11. The summed E-state index contributed by atoms with van der Waals surface area (Å²) < 4.78 is 5.63. The summed E-state index contributed by atoms with van der Waals surface area (Å²) in [6, 6.07) is 7.40. The van der Waals surface area contributed by atoms with E-state index >= 15 is 0 Å². The summed E-state index contributed by atoms with van der Waals surface area (Å²) in [7, 11) is 0. The number of benzene rings is 1. The van der Waals surface area contributed by atoms with Gasteiger partial charge in [-0.1, -0.05) is 19.8 Å². The summed E-state index contributed by atoms with van der Waals surface area (Å²) in [5.41, 5.74) is 0.631. The largest absolute Gasteiger partial charge is 0.494 e. The number of hydrogen-bond acceptors (Lipinski definition) is 4.